The van der Waals surface area contributed by atoms with Gasteiger partial charge in [0.05, 0.1) is 13.1 Å². The van der Waals surface area contributed by atoms with Crippen LogP contribution < -0.4 is 16.2 Å². The molecule has 1 heterocycles. The molecule has 2 aromatic carbocycles. The third kappa shape index (κ3) is 5.40. The Morgan fingerprint density at radius 3 is 2.46 bits per heavy atom. The Morgan fingerprint density at radius 2 is 1.75 bits per heavy atom. The molecule has 3 rings (SSSR count). The zero-order valence-electron chi connectivity index (χ0n) is 14.9. The van der Waals surface area contributed by atoms with E-state index < -0.39 is 0 Å². The van der Waals surface area contributed by atoms with Crippen LogP contribution in [0.15, 0.2) is 82.2 Å². The van der Waals surface area contributed by atoms with Gasteiger partial charge in [0.2, 0.25) is 5.91 Å². The summed E-state index contributed by atoms with van der Waals surface area (Å²) in [5.41, 5.74) is 1.96. The number of rotatable bonds is 6. The quantitative estimate of drug-likeness (QED) is 0.619. The molecule has 0 aliphatic carbocycles. The van der Waals surface area contributed by atoms with Gasteiger partial charge in [0.25, 0.3) is 11.5 Å². The van der Waals surface area contributed by atoms with Crippen molar-refractivity contribution in [3.8, 4) is 0 Å². The first-order valence-electron chi connectivity index (χ1n) is 8.59. The molecule has 0 radical (unpaired) electrons. The number of pyridine rings is 1. The SMILES string of the molecule is O=C(CNC(=O)c1cccc(Br)c1)Nc1ccc(Cn2ccccc2=O)cc1. The Hall–Kier alpha value is -3.19. The van der Waals surface area contributed by atoms with Crippen molar-refractivity contribution in [2.24, 2.45) is 0 Å². The molecule has 3 aromatic rings. The van der Waals surface area contributed by atoms with Gasteiger partial charge in [-0.25, -0.2) is 0 Å². The summed E-state index contributed by atoms with van der Waals surface area (Å²) in [6, 6.07) is 19.2. The van der Waals surface area contributed by atoms with E-state index >= 15 is 0 Å². The first-order chi connectivity index (χ1) is 13.5. The second kappa shape index (κ2) is 9.14. The fourth-order valence-corrected chi connectivity index (χ4v) is 2.98. The smallest absolute Gasteiger partial charge is 0.251 e. The van der Waals surface area contributed by atoms with E-state index in [4.69, 9.17) is 0 Å². The van der Waals surface area contributed by atoms with Crippen molar-refractivity contribution in [2.45, 2.75) is 6.54 Å². The van der Waals surface area contributed by atoms with Gasteiger partial charge in [-0.05, 0) is 42.0 Å². The number of halogens is 1. The number of amides is 2. The van der Waals surface area contributed by atoms with Crippen LogP contribution >= 0.6 is 15.9 Å². The maximum absolute atomic E-state index is 12.1. The lowest BCUT2D eigenvalue weighted by atomic mass is 10.2. The lowest BCUT2D eigenvalue weighted by Gasteiger charge is -2.09. The predicted octanol–water partition coefficient (Wildman–Crippen LogP) is 3.03. The van der Waals surface area contributed by atoms with Crippen molar-refractivity contribution in [1.29, 1.82) is 0 Å². The van der Waals surface area contributed by atoms with Gasteiger partial charge < -0.3 is 15.2 Å². The Balaban J connectivity index is 1.52. The number of nitrogens with zero attached hydrogens (tertiary/aromatic N) is 1. The molecule has 0 saturated heterocycles. The summed E-state index contributed by atoms with van der Waals surface area (Å²) in [6.07, 6.45) is 1.73. The highest BCUT2D eigenvalue weighted by atomic mass is 79.9. The highest BCUT2D eigenvalue weighted by Gasteiger charge is 2.08. The molecular weight excluding hydrogens is 422 g/mol. The maximum atomic E-state index is 12.1. The number of benzene rings is 2. The molecule has 7 heteroatoms. The van der Waals surface area contributed by atoms with Gasteiger partial charge >= 0.3 is 0 Å². The fourth-order valence-electron chi connectivity index (χ4n) is 2.58. The third-order valence-electron chi connectivity index (χ3n) is 3.99. The highest BCUT2D eigenvalue weighted by Crippen LogP contribution is 2.12. The van der Waals surface area contributed by atoms with Crippen LogP contribution in [0.3, 0.4) is 0 Å². The molecule has 142 valence electrons. The summed E-state index contributed by atoms with van der Waals surface area (Å²) in [7, 11) is 0. The minimum absolute atomic E-state index is 0.0685. The molecular formula is C21H18BrN3O3. The zero-order chi connectivity index (χ0) is 19.9. The van der Waals surface area contributed by atoms with Crippen molar-refractivity contribution in [3.05, 3.63) is 98.9 Å². The van der Waals surface area contributed by atoms with Crippen molar-refractivity contribution in [2.75, 3.05) is 11.9 Å². The number of hydrogen-bond donors (Lipinski definition) is 2. The van der Waals surface area contributed by atoms with Crippen LogP contribution in [0.4, 0.5) is 5.69 Å². The molecule has 0 fully saturated rings. The van der Waals surface area contributed by atoms with Gasteiger partial charge in [-0.1, -0.05) is 40.2 Å². The van der Waals surface area contributed by atoms with Crippen molar-refractivity contribution in [3.63, 3.8) is 0 Å². The average Bonchev–Trinajstić information content (AvgIpc) is 2.69. The average molecular weight is 440 g/mol. The van der Waals surface area contributed by atoms with Crippen LogP contribution in [-0.4, -0.2) is 22.9 Å². The number of anilines is 1. The van der Waals surface area contributed by atoms with E-state index in [1.165, 1.54) is 6.07 Å². The summed E-state index contributed by atoms with van der Waals surface area (Å²) in [5, 5.41) is 5.32. The lowest BCUT2D eigenvalue weighted by molar-refractivity contribution is -0.115. The lowest BCUT2D eigenvalue weighted by Crippen LogP contribution is -2.32. The summed E-state index contributed by atoms with van der Waals surface area (Å²) < 4.78 is 2.40. The van der Waals surface area contributed by atoms with Gasteiger partial charge in [-0.15, -0.1) is 0 Å². The van der Waals surface area contributed by atoms with E-state index in [2.05, 4.69) is 26.6 Å². The normalized spacial score (nSPS) is 10.3. The summed E-state index contributed by atoms with van der Waals surface area (Å²) in [5.74, 6) is -0.643. The summed E-state index contributed by atoms with van der Waals surface area (Å²) in [6.45, 7) is 0.323. The van der Waals surface area contributed by atoms with Crippen LogP contribution in [0.2, 0.25) is 0 Å². The Bertz CT molecular complexity index is 1050. The number of nitrogens with one attached hydrogen (secondary N) is 2. The van der Waals surface area contributed by atoms with Crippen LogP contribution in [0.1, 0.15) is 15.9 Å². The van der Waals surface area contributed by atoms with Gasteiger partial charge in [-0.3, -0.25) is 14.4 Å². The molecule has 2 N–H and O–H groups in total. The third-order valence-corrected chi connectivity index (χ3v) is 4.48. The second-order valence-electron chi connectivity index (χ2n) is 6.10. The van der Waals surface area contributed by atoms with Gasteiger partial charge in [0.1, 0.15) is 0 Å². The highest BCUT2D eigenvalue weighted by molar-refractivity contribution is 9.10. The molecule has 0 saturated carbocycles. The summed E-state index contributed by atoms with van der Waals surface area (Å²) in [4.78, 5) is 35.9. The van der Waals surface area contributed by atoms with Crippen LogP contribution in [0.5, 0.6) is 0 Å². The van der Waals surface area contributed by atoms with Gasteiger partial charge in [-0.2, -0.15) is 0 Å². The molecule has 0 aliphatic heterocycles. The molecule has 0 spiro atoms. The van der Waals surface area contributed by atoms with E-state index in [0.29, 0.717) is 17.8 Å². The molecule has 28 heavy (non-hydrogen) atoms. The Morgan fingerprint density at radius 1 is 0.964 bits per heavy atom. The first-order valence-corrected chi connectivity index (χ1v) is 9.38. The number of carbonyl (C=O) groups excluding carboxylic acids is 2. The molecule has 1 aromatic heterocycles. The Labute approximate surface area is 170 Å². The van der Waals surface area contributed by atoms with Gasteiger partial charge in [0.15, 0.2) is 0 Å². The Kier molecular flexibility index (Phi) is 6.39. The van der Waals surface area contributed by atoms with E-state index in [-0.39, 0.29) is 23.9 Å². The predicted molar refractivity (Wildman–Crippen MR) is 111 cm³/mol. The van der Waals surface area contributed by atoms with Crippen molar-refractivity contribution < 1.29 is 9.59 Å². The van der Waals surface area contributed by atoms with Crippen LogP contribution in [0.25, 0.3) is 0 Å². The minimum Gasteiger partial charge on any atom is -0.343 e. The standard InChI is InChI=1S/C21H18BrN3O3/c22-17-5-3-4-16(12-17)21(28)23-13-19(26)24-18-9-7-15(8-10-18)14-25-11-2-1-6-20(25)27/h1-12H,13-14H2,(H,23,28)(H,24,26). The molecule has 2 amide bonds. The van der Waals surface area contributed by atoms with E-state index in [9.17, 15) is 14.4 Å². The monoisotopic (exact) mass is 439 g/mol. The molecule has 6 nitrogen and oxygen atoms in total. The largest absolute Gasteiger partial charge is 0.343 e. The van der Waals surface area contributed by atoms with E-state index in [1.54, 1.807) is 53.2 Å². The summed E-state index contributed by atoms with van der Waals surface area (Å²) >= 11 is 3.31. The van der Waals surface area contributed by atoms with Crippen LogP contribution in [-0.2, 0) is 11.3 Å². The molecule has 0 aliphatic rings. The van der Waals surface area contributed by atoms with Crippen molar-refractivity contribution in [1.82, 2.24) is 9.88 Å². The minimum atomic E-state index is -0.324. The van der Waals surface area contributed by atoms with E-state index in [1.807, 2.05) is 18.2 Å². The van der Waals surface area contributed by atoms with Crippen LogP contribution in [0, 0.1) is 0 Å². The number of hydrogen-bond acceptors (Lipinski definition) is 3. The molecule has 0 bridgehead atoms. The first kappa shape index (κ1) is 19.6. The molecule has 0 unspecified atom stereocenters. The topological polar surface area (TPSA) is 80.2 Å². The second-order valence-corrected chi connectivity index (χ2v) is 7.02. The van der Waals surface area contributed by atoms with E-state index in [0.717, 1.165) is 10.0 Å². The maximum Gasteiger partial charge on any atom is 0.251 e. The number of aromatic nitrogens is 1. The fraction of sp³-hybridized carbons (Fsp3) is 0.0952. The van der Waals surface area contributed by atoms with Crippen molar-refractivity contribution >= 4 is 33.4 Å². The molecule has 0 atom stereocenters. The van der Waals surface area contributed by atoms with Gasteiger partial charge in [0, 0.05) is 28.0 Å². The zero-order valence-corrected chi connectivity index (χ0v) is 16.5. The number of carbonyl (C=O) groups is 2.